The Morgan fingerprint density at radius 2 is 2.00 bits per heavy atom. The normalized spacial score (nSPS) is 10.8. The fourth-order valence-corrected chi connectivity index (χ4v) is 3.64. The Morgan fingerprint density at radius 3 is 2.64 bits per heavy atom. The predicted octanol–water partition coefficient (Wildman–Crippen LogP) is 4.10. The van der Waals surface area contributed by atoms with Gasteiger partial charge in [-0.3, -0.25) is 4.79 Å². The molecule has 0 bridgehead atoms. The molecule has 0 saturated carbocycles. The minimum Gasteiger partial charge on any atom is -0.410 e. The van der Waals surface area contributed by atoms with Gasteiger partial charge in [-0.05, 0) is 38.0 Å². The molecule has 130 valence electrons. The minimum absolute atomic E-state index is 0.112. The van der Waals surface area contributed by atoms with E-state index >= 15 is 0 Å². The zero-order chi connectivity index (χ0) is 17.8. The predicted molar refractivity (Wildman–Crippen MR) is 100 cm³/mol. The lowest BCUT2D eigenvalue weighted by atomic mass is 10.1. The summed E-state index contributed by atoms with van der Waals surface area (Å²) in [4.78, 5) is 17.3. The molecule has 1 aromatic carbocycles. The Morgan fingerprint density at radius 1 is 1.24 bits per heavy atom. The van der Waals surface area contributed by atoms with Crippen molar-refractivity contribution >= 4 is 34.7 Å². The van der Waals surface area contributed by atoms with Crippen LogP contribution in [0.2, 0.25) is 0 Å². The summed E-state index contributed by atoms with van der Waals surface area (Å²) in [7, 11) is 0. The number of nitrogens with zero attached hydrogens (tertiary/aromatic N) is 3. The van der Waals surface area contributed by atoms with Crippen molar-refractivity contribution in [2.75, 3.05) is 11.1 Å². The van der Waals surface area contributed by atoms with Crippen LogP contribution in [-0.2, 0) is 11.2 Å². The first kappa shape index (κ1) is 17.6. The molecule has 3 rings (SSSR count). The van der Waals surface area contributed by atoms with Crippen molar-refractivity contribution in [2.45, 2.75) is 32.4 Å². The highest BCUT2D eigenvalue weighted by Crippen LogP contribution is 2.30. The van der Waals surface area contributed by atoms with E-state index in [-0.39, 0.29) is 11.7 Å². The monoisotopic (exact) mass is 374 g/mol. The number of thioether (sulfide) groups is 1. The van der Waals surface area contributed by atoms with Crippen LogP contribution in [0.25, 0.3) is 10.8 Å². The van der Waals surface area contributed by atoms with Gasteiger partial charge in [0.15, 0.2) is 0 Å². The molecule has 0 aliphatic rings. The molecule has 2 heterocycles. The lowest BCUT2D eigenvalue weighted by Crippen LogP contribution is -2.13. The highest BCUT2D eigenvalue weighted by atomic mass is 32.2. The molecular weight excluding hydrogens is 356 g/mol. The molecule has 0 unspecified atom stereocenters. The van der Waals surface area contributed by atoms with Gasteiger partial charge in [0, 0.05) is 5.69 Å². The summed E-state index contributed by atoms with van der Waals surface area (Å²) in [6.45, 7) is 5.94. The highest BCUT2D eigenvalue weighted by Gasteiger charge is 2.16. The van der Waals surface area contributed by atoms with E-state index in [1.54, 1.807) is 0 Å². The molecule has 0 aliphatic heterocycles. The number of benzene rings is 1. The van der Waals surface area contributed by atoms with Crippen LogP contribution in [-0.4, -0.2) is 26.8 Å². The molecule has 1 amide bonds. The number of hydrogen-bond donors (Lipinski definition) is 1. The number of aromatic nitrogens is 3. The summed E-state index contributed by atoms with van der Waals surface area (Å²) in [5, 5.41) is 12.2. The lowest BCUT2D eigenvalue weighted by molar-refractivity contribution is -0.113. The van der Waals surface area contributed by atoms with Crippen molar-refractivity contribution in [3.8, 4) is 10.8 Å². The molecular formula is C17H18N4O2S2. The molecule has 0 radical (unpaired) electrons. The summed E-state index contributed by atoms with van der Waals surface area (Å²) in [5.41, 5.74) is 2.89. The van der Waals surface area contributed by atoms with E-state index in [1.165, 1.54) is 28.7 Å². The zero-order valence-electron chi connectivity index (χ0n) is 14.2. The first-order valence-corrected chi connectivity index (χ1v) is 9.65. The van der Waals surface area contributed by atoms with E-state index in [1.807, 2.05) is 38.1 Å². The van der Waals surface area contributed by atoms with Gasteiger partial charge in [0.05, 0.1) is 16.5 Å². The molecule has 25 heavy (non-hydrogen) atoms. The Labute approximate surface area is 154 Å². The largest absolute Gasteiger partial charge is 0.410 e. The first-order chi connectivity index (χ1) is 12.0. The van der Waals surface area contributed by atoms with Gasteiger partial charge in [-0.25, -0.2) is 4.98 Å². The number of carbonyl (C=O) groups is 1. The number of aryl methyl sites for hydroxylation is 3. The van der Waals surface area contributed by atoms with Crippen molar-refractivity contribution in [2.24, 2.45) is 0 Å². The van der Waals surface area contributed by atoms with E-state index in [4.69, 9.17) is 4.42 Å². The van der Waals surface area contributed by atoms with E-state index in [0.717, 1.165) is 27.7 Å². The fourth-order valence-electron chi connectivity index (χ4n) is 2.24. The maximum Gasteiger partial charge on any atom is 0.277 e. The third-order valence-electron chi connectivity index (χ3n) is 3.48. The second-order valence-electron chi connectivity index (χ2n) is 5.41. The van der Waals surface area contributed by atoms with Gasteiger partial charge in [-0.2, -0.15) is 0 Å². The summed E-state index contributed by atoms with van der Waals surface area (Å²) in [6, 6.07) is 7.82. The van der Waals surface area contributed by atoms with E-state index in [2.05, 4.69) is 27.4 Å². The van der Waals surface area contributed by atoms with Gasteiger partial charge in [0.2, 0.25) is 5.91 Å². The Hall–Kier alpha value is -2.19. The molecule has 3 aromatic rings. The Kier molecular flexibility index (Phi) is 5.50. The number of hydrogen-bond acceptors (Lipinski definition) is 7. The van der Waals surface area contributed by atoms with E-state index < -0.39 is 0 Å². The average Bonchev–Trinajstić information content (AvgIpc) is 3.19. The SMILES string of the molecule is CCc1ccc(NC(=O)CSc2nnc(-c3sc(C)nc3C)o2)cc1. The Balaban J connectivity index is 1.56. The van der Waals surface area contributed by atoms with Crippen LogP contribution in [0.15, 0.2) is 33.9 Å². The van der Waals surface area contributed by atoms with Crippen molar-refractivity contribution in [1.29, 1.82) is 0 Å². The number of carbonyl (C=O) groups excluding carboxylic acids is 1. The Bertz CT molecular complexity index is 871. The van der Waals surface area contributed by atoms with Crippen LogP contribution in [0.1, 0.15) is 23.2 Å². The second kappa shape index (κ2) is 7.79. The highest BCUT2D eigenvalue weighted by molar-refractivity contribution is 7.99. The third-order valence-corrected chi connectivity index (χ3v) is 5.36. The summed E-state index contributed by atoms with van der Waals surface area (Å²) < 4.78 is 5.63. The molecule has 0 fully saturated rings. The van der Waals surface area contributed by atoms with Gasteiger partial charge in [0.1, 0.15) is 4.88 Å². The summed E-state index contributed by atoms with van der Waals surface area (Å²) >= 11 is 2.73. The van der Waals surface area contributed by atoms with Crippen LogP contribution in [0.5, 0.6) is 0 Å². The number of amides is 1. The van der Waals surface area contributed by atoms with Gasteiger partial charge < -0.3 is 9.73 Å². The average molecular weight is 374 g/mol. The summed E-state index contributed by atoms with van der Waals surface area (Å²) in [5.74, 6) is 0.540. The van der Waals surface area contributed by atoms with Gasteiger partial charge in [-0.15, -0.1) is 21.5 Å². The number of thiazole rings is 1. The van der Waals surface area contributed by atoms with Crippen molar-refractivity contribution in [3.63, 3.8) is 0 Å². The van der Waals surface area contributed by atoms with E-state index in [9.17, 15) is 4.79 Å². The zero-order valence-corrected chi connectivity index (χ0v) is 15.8. The summed E-state index contributed by atoms with van der Waals surface area (Å²) in [6.07, 6.45) is 0.975. The van der Waals surface area contributed by atoms with Crippen LogP contribution in [0, 0.1) is 13.8 Å². The van der Waals surface area contributed by atoms with Crippen LogP contribution < -0.4 is 5.32 Å². The molecule has 0 aliphatic carbocycles. The van der Waals surface area contributed by atoms with Crippen LogP contribution in [0.4, 0.5) is 5.69 Å². The molecule has 8 heteroatoms. The number of anilines is 1. The maximum atomic E-state index is 12.0. The quantitative estimate of drug-likeness (QED) is 0.654. The lowest BCUT2D eigenvalue weighted by Gasteiger charge is -2.04. The van der Waals surface area contributed by atoms with Crippen molar-refractivity contribution < 1.29 is 9.21 Å². The topological polar surface area (TPSA) is 80.9 Å². The maximum absolute atomic E-state index is 12.0. The molecule has 6 nitrogen and oxygen atoms in total. The van der Waals surface area contributed by atoms with Gasteiger partial charge in [0.25, 0.3) is 11.1 Å². The standard InChI is InChI=1S/C17H18N4O2S2/c1-4-12-5-7-13(8-6-12)19-14(22)9-24-17-21-20-16(23-17)15-10(2)18-11(3)25-15/h5-8H,4,9H2,1-3H3,(H,19,22). The fraction of sp³-hybridized carbons (Fsp3) is 0.294. The molecule has 0 spiro atoms. The smallest absolute Gasteiger partial charge is 0.277 e. The van der Waals surface area contributed by atoms with Crippen LogP contribution >= 0.6 is 23.1 Å². The van der Waals surface area contributed by atoms with Gasteiger partial charge in [-0.1, -0.05) is 30.8 Å². The molecule has 0 atom stereocenters. The number of rotatable bonds is 6. The second-order valence-corrected chi connectivity index (χ2v) is 7.54. The molecule has 0 saturated heterocycles. The molecule has 2 aromatic heterocycles. The minimum atomic E-state index is -0.112. The third kappa shape index (κ3) is 4.46. The first-order valence-electron chi connectivity index (χ1n) is 7.84. The van der Waals surface area contributed by atoms with Crippen LogP contribution in [0.3, 0.4) is 0 Å². The molecule has 1 N–H and O–H groups in total. The van der Waals surface area contributed by atoms with Crippen molar-refractivity contribution in [3.05, 3.63) is 40.5 Å². The van der Waals surface area contributed by atoms with Crippen molar-refractivity contribution in [1.82, 2.24) is 15.2 Å². The van der Waals surface area contributed by atoms with Gasteiger partial charge >= 0.3 is 0 Å². The number of nitrogens with one attached hydrogen (secondary N) is 1. The van der Waals surface area contributed by atoms with E-state index in [0.29, 0.717) is 11.1 Å².